The average molecular weight is 228 g/mol. The molecule has 15 heavy (non-hydrogen) atoms. The molecule has 0 fully saturated rings. The number of hydrogen-bond donors (Lipinski definition) is 0. The normalized spacial score (nSPS) is 11.1. The van der Waals surface area contributed by atoms with E-state index in [0.29, 0.717) is 0 Å². The van der Waals surface area contributed by atoms with Crippen LogP contribution in [0, 0.1) is 0 Å². The molecule has 5 heteroatoms. The summed E-state index contributed by atoms with van der Waals surface area (Å²) in [5, 5.41) is 3.87. The van der Waals surface area contributed by atoms with Crippen molar-refractivity contribution in [3.8, 4) is 5.75 Å². The Labute approximate surface area is 95.5 Å². The summed E-state index contributed by atoms with van der Waals surface area (Å²) in [5.74, 6) is 0.784. The molecule has 1 rings (SSSR count). The van der Waals surface area contributed by atoms with Crippen molar-refractivity contribution in [1.82, 2.24) is 0 Å². The molecule has 0 unspecified atom stereocenters. The maximum absolute atomic E-state index is 5.54. The van der Waals surface area contributed by atoms with Crippen molar-refractivity contribution in [2.75, 3.05) is 0 Å². The molecule has 0 atom stereocenters. The Kier molecular flexibility index (Phi) is 5.15. The zero-order valence-corrected chi connectivity index (χ0v) is 10.4. The van der Waals surface area contributed by atoms with E-state index >= 15 is 0 Å². The van der Waals surface area contributed by atoms with Gasteiger partial charge in [0.2, 0.25) is 0 Å². The predicted octanol–water partition coefficient (Wildman–Crippen LogP) is 2.96. The fourth-order valence-corrected chi connectivity index (χ4v) is 1.52. The van der Waals surface area contributed by atoms with Crippen LogP contribution in [0.25, 0.3) is 0 Å². The van der Waals surface area contributed by atoms with Crippen LogP contribution in [0.1, 0.15) is 27.7 Å². The molecule has 1 aromatic heterocycles. The quantitative estimate of drug-likeness (QED) is 0.700. The minimum absolute atomic E-state index is 0.0763. The summed E-state index contributed by atoms with van der Waals surface area (Å²) in [6, 6.07) is 1.89. The van der Waals surface area contributed by atoms with E-state index in [-0.39, 0.29) is 12.2 Å². The molecule has 3 nitrogen and oxygen atoms in total. The minimum atomic E-state index is -0.625. The maximum Gasteiger partial charge on any atom is 0.713 e. The van der Waals surface area contributed by atoms with Gasteiger partial charge in [-0.25, -0.2) is 0 Å². The summed E-state index contributed by atoms with van der Waals surface area (Å²) in [4.78, 5) is 0. The van der Waals surface area contributed by atoms with Crippen molar-refractivity contribution in [3.05, 3.63) is 16.8 Å². The van der Waals surface area contributed by atoms with Crippen molar-refractivity contribution in [2.24, 2.45) is 0 Å². The number of rotatable bonds is 6. The third kappa shape index (κ3) is 5.21. The molecule has 0 spiro atoms. The third-order valence-corrected chi connectivity index (χ3v) is 2.16. The highest BCUT2D eigenvalue weighted by molar-refractivity contribution is 7.08. The van der Waals surface area contributed by atoms with E-state index in [2.05, 4.69) is 0 Å². The van der Waals surface area contributed by atoms with Crippen LogP contribution in [-0.2, 0) is 9.31 Å². The van der Waals surface area contributed by atoms with Crippen LogP contribution >= 0.6 is 11.3 Å². The lowest BCUT2D eigenvalue weighted by molar-refractivity contribution is 0.0851. The minimum Gasteiger partial charge on any atom is -0.511 e. The van der Waals surface area contributed by atoms with E-state index in [0.717, 1.165) is 5.75 Å². The molecule has 0 radical (unpaired) electrons. The molecule has 0 aliphatic heterocycles. The lowest BCUT2D eigenvalue weighted by atomic mass is 10.2. The Bertz CT molecular complexity index is 252. The molecule has 0 aromatic carbocycles. The van der Waals surface area contributed by atoms with Crippen molar-refractivity contribution >= 4 is 18.7 Å². The maximum atomic E-state index is 5.54. The van der Waals surface area contributed by atoms with Crippen LogP contribution in [0.2, 0.25) is 0 Å². The molecule has 0 aliphatic carbocycles. The Morgan fingerprint density at radius 3 is 2.13 bits per heavy atom. The Hall–Kier alpha value is -0.515. The highest BCUT2D eigenvalue weighted by Gasteiger charge is 2.26. The van der Waals surface area contributed by atoms with Gasteiger partial charge in [-0.05, 0) is 39.1 Å². The number of hydrogen-bond acceptors (Lipinski definition) is 4. The molecule has 84 valence electrons. The second-order valence-electron chi connectivity index (χ2n) is 3.74. The first-order chi connectivity index (χ1) is 7.08. The van der Waals surface area contributed by atoms with Gasteiger partial charge in [0, 0.05) is 17.6 Å². The van der Waals surface area contributed by atoms with Crippen molar-refractivity contribution < 1.29 is 14.0 Å². The van der Waals surface area contributed by atoms with Crippen LogP contribution < -0.4 is 4.65 Å². The van der Waals surface area contributed by atoms with E-state index in [1.807, 2.05) is 44.5 Å². The Morgan fingerprint density at radius 2 is 1.73 bits per heavy atom. The molecular formula is C10H17BO3S. The van der Waals surface area contributed by atoms with E-state index in [1.54, 1.807) is 11.3 Å². The Morgan fingerprint density at radius 1 is 1.13 bits per heavy atom. The zero-order valence-electron chi connectivity index (χ0n) is 9.60. The van der Waals surface area contributed by atoms with E-state index in [4.69, 9.17) is 14.0 Å². The van der Waals surface area contributed by atoms with Gasteiger partial charge in [0.1, 0.15) is 5.75 Å². The first-order valence-electron chi connectivity index (χ1n) is 5.07. The Balaban J connectivity index is 2.48. The first-order valence-corrected chi connectivity index (χ1v) is 6.02. The van der Waals surface area contributed by atoms with Crippen molar-refractivity contribution in [1.29, 1.82) is 0 Å². The summed E-state index contributed by atoms with van der Waals surface area (Å²) in [6.07, 6.45) is 0.153. The van der Waals surface area contributed by atoms with Gasteiger partial charge in [-0.1, -0.05) is 0 Å². The molecule has 0 aliphatic rings. The lowest BCUT2D eigenvalue weighted by Gasteiger charge is -2.18. The van der Waals surface area contributed by atoms with Crippen LogP contribution in [0.4, 0.5) is 0 Å². The van der Waals surface area contributed by atoms with E-state index < -0.39 is 7.32 Å². The van der Waals surface area contributed by atoms with Gasteiger partial charge >= 0.3 is 7.32 Å². The topological polar surface area (TPSA) is 27.7 Å². The predicted molar refractivity (Wildman–Crippen MR) is 63.1 cm³/mol. The van der Waals surface area contributed by atoms with Crippen molar-refractivity contribution in [3.63, 3.8) is 0 Å². The zero-order chi connectivity index (χ0) is 11.3. The SMILES string of the molecule is CC(C)OB(Oc1ccsc1)OC(C)C. The summed E-state index contributed by atoms with van der Waals surface area (Å²) < 4.78 is 16.5. The highest BCUT2D eigenvalue weighted by Crippen LogP contribution is 2.17. The van der Waals surface area contributed by atoms with Crippen molar-refractivity contribution in [2.45, 2.75) is 39.9 Å². The van der Waals surface area contributed by atoms with Crippen LogP contribution in [0.5, 0.6) is 5.75 Å². The van der Waals surface area contributed by atoms with Crippen LogP contribution in [0.15, 0.2) is 16.8 Å². The molecule has 0 saturated heterocycles. The second kappa shape index (κ2) is 6.15. The standard InChI is InChI=1S/C10H17BO3S/c1-8(2)12-11(13-9(3)4)14-10-5-6-15-7-10/h5-9H,1-4H3. The van der Waals surface area contributed by atoms with Crippen LogP contribution in [-0.4, -0.2) is 19.5 Å². The van der Waals surface area contributed by atoms with E-state index in [1.165, 1.54) is 0 Å². The van der Waals surface area contributed by atoms with Gasteiger partial charge in [-0.3, -0.25) is 0 Å². The van der Waals surface area contributed by atoms with Gasteiger partial charge in [-0.15, -0.1) is 11.3 Å². The molecule has 1 heterocycles. The van der Waals surface area contributed by atoms with Gasteiger partial charge in [0.05, 0.1) is 0 Å². The molecule has 0 N–H and O–H groups in total. The fraction of sp³-hybridized carbons (Fsp3) is 0.600. The first kappa shape index (κ1) is 12.6. The average Bonchev–Trinajstić information content (AvgIpc) is 2.53. The molecule has 0 bridgehead atoms. The smallest absolute Gasteiger partial charge is 0.511 e. The van der Waals surface area contributed by atoms with Gasteiger partial charge < -0.3 is 14.0 Å². The molecular weight excluding hydrogens is 211 g/mol. The number of thiophene rings is 1. The second-order valence-corrected chi connectivity index (χ2v) is 4.52. The van der Waals surface area contributed by atoms with Gasteiger partial charge in [0.25, 0.3) is 0 Å². The molecule has 0 saturated carbocycles. The van der Waals surface area contributed by atoms with Gasteiger partial charge in [-0.2, -0.15) is 0 Å². The summed E-state index contributed by atoms with van der Waals surface area (Å²) in [6.45, 7) is 7.81. The molecule has 1 aromatic rings. The summed E-state index contributed by atoms with van der Waals surface area (Å²) in [7, 11) is -0.625. The lowest BCUT2D eigenvalue weighted by Crippen LogP contribution is -2.35. The largest absolute Gasteiger partial charge is 0.713 e. The molecule has 0 amide bonds. The fourth-order valence-electron chi connectivity index (χ4n) is 0.962. The summed E-state index contributed by atoms with van der Waals surface area (Å²) in [5.41, 5.74) is 0. The summed E-state index contributed by atoms with van der Waals surface area (Å²) >= 11 is 1.58. The monoisotopic (exact) mass is 228 g/mol. The third-order valence-electron chi connectivity index (χ3n) is 1.49. The highest BCUT2D eigenvalue weighted by atomic mass is 32.1. The van der Waals surface area contributed by atoms with Gasteiger partial charge in [0.15, 0.2) is 0 Å². The van der Waals surface area contributed by atoms with Crippen LogP contribution in [0.3, 0.4) is 0 Å². The van der Waals surface area contributed by atoms with E-state index in [9.17, 15) is 0 Å².